The molecule has 0 aliphatic rings. The average Bonchev–Trinajstić information content (AvgIpc) is 2.32. The Morgan fingerprint density at radius 2 is 1.89 bits per heavy atom. The molecule has 2 aromatic carbocycles. The maximum atomic E-state index is 11.9. The summed E-state index contributed by atoms with van der Waals surface area (Å²) in [6.45, 7) is 3.91. The number of hydrogen-bond acceptors (Lipinski definition) is 2. The van der Waals surface area contributed by atoms with E-state index in [0.29, 0.717) is 16.3 Å². The van der Waals surface area contributed by atoms with Gasteiger partial charge in [-0.25, -0.2) is 4.79 Å². The van der Waals surface area contributed by atoms with Crippen LogP contribution >= 0.6 is 11.6 Å². The third-order valence-corrected chi connectivity index (χ3v) is 2.83. The third-order valence-electron chi connectivity index (χ3n) is 2.59. The second kappa shape index (κ2) is 5.23. The number of carbonyl (C=O) groups is 1. The first kappa shape index (κ1) is 12.7. The summed E-state index contributed by atoms with van der Waals surface area (Å²) < 4.78 is 5.34. The number of halogens is 1. The van der Waals surface area contributed by atoms with E-state index < -0.39 is 5.97 Å². The van der Waals surface area contributed by atoms with E-state index in [1.807, 2.05) is 26.0 Å². The molecule has 0 heterocycles. The van der Waals surface area contributed by atoms with Crippen molar-refractivity contribution in [3.8, 4) is 5.75 Å². The lowest BCUT2D eigenvalue weighted by Crippen LogP contribution is -2.09. The van der Waals surface area contributed by atoms with Crippen LogP contribution in [0.3, 0.4) is 0 Å². The van der Waals surface area contributed by atoms with Crippen molar-refractivity contribution in [1.29, 1.82) is 0 Å². The smallest absolute Gasteiger partial charge is 0.343 e. The minimum absolute atomic E-state index is 0.399. The molecule has 0 aliphatic heterocycles. The van der Waals surface area contributed by atoms with Crippen LogP contribution in [0.15, 0.2) is 42.5 Å². The van der Waals surface area contributed by atoms with E-state index in [4.69, 9.17) is 16.3 Å². The van der Waals surface area contributed by atoms with Gasteiger partial charge >= 0.3 is 5.97 Å². The Morgan fingerprint density at radius 1 is 1.11 bits per heavy atom. The molecule has 2 nitrogen and oxygen atoms in total. The summed E-state index contributed by atoms with van der Waals surface area (Å²) in [5.74, 6) is 0.176. The maximum absolute atomic E-state index is 11.9. The molecule has 18 heavy (non-hydrogen) atoms. The van der Waals surface area contributed by atoms with Crippen molar-refractivity contribution >= 4 is 17.6 Å². The van der Waals surface area contributed by atoms with Crippen LogP contribution in [0.2, 0.25) is 5.02 Å². The largest absolute Gasteiger partial charge is 0.423 e. The van der Waals surface area contributed by atoms with E-state index in [1.165, 1.54) is 0 Å². The summed E-state index contributed by atoms with van der Waals surface area (Å²) >= 11 is 5.84. The number of esters is 1. The Bertz CT molecular complexity index is 591. The molecule has 0 aliphatic carbocycles. The van der Waals surface area contributed by atoms with Crippen molar-refractivity contribution in [3.63, 3.8) is 0 Å². The minimum atomic E-state index is -0.399. The Morgan fingerprint density at radius 3 is 2.56 bits per heavy atom. The number of ether oxygens (including phenoxy) is 1. The lowest BCUT2D eigenvalue weighted by molar-refractivity contribution is 0.0733. The predicted octanol–water partition coefficient (Wildman–Crippen LogP) is 4.18. The zero-order chi connectivity index (χ0) is 13.1. The van der Waals surface area contributed by atoms with Crippen molar-refractivity contribution in [2.75, 3.05) is 0 Å². The third kappa shape index (κ3) is 2.90. The quantitative estimate of drug-likeness (QED) is 0.598. The minimum Gasteiger partial charge on any atom is -0.423 e. The molecular weight excluding hydrogens is 248 g/mol. The first-order valence-corrected chi connectivity index (χ1v) is 5.99. The molecule has 3 heteroatoms. The van der Waals surface area contributed by atoms with Gasteiger partial charge in [-0.05, 0) is 43.7 Å². The second-order valence-electron chi connectivity index (χ2n) is 4.17. The Hall–Kier alpha value is -1.80. The molecule has 0 saturated carbocycles. The van der Waals surface area contributed by atoms with Gasteiger partial charge < -0.3 is 4.74 Å². The lowest BCUT2D eigenvalue weighted by atomic mass is 10.1. The van der Waals surface area contributed by atoms with Crippen LogP contribution in [0, 0.1) is 13.8 Å². The van der Waals surface area contributed by atoms with E-state index in [1.54, 1.807) is 30.3 Å². The standard InChI is InChI=1S/C15H13ClO2/c1-10-6-7-14(11(2)8-10)18-15(17)12-4-3-5-13(16)9-12/h3-9H,1-2H3. The monoisotopic (exact) mass is 260 g/mol. The topological polar surface area (TPSA) is 26.3 Å². The van der Waals surface area contributed by atoms with Gasteiger partial charge in [0.25, 0.3) is 0 Å². The van der Waals surface area contributed by atoms with E-state index in [-0.39, 0.29) is 0 Å². The van der Waals surface area contributed by atoms with Gasteiger partial charge in [-0.1, -0.05) is 35.4 Å². The van der Waals surface area contributed by atoms with Crippen molar-refractivity contribution in [3.05, 3.63) is 64.2 Å². The molecule has 0 bridgehead atoms. The van der Waals surface area contributed by atoms with Crippen LogP contribution < -0.4 is 4.74 Å². The lowest BCUT2D eigenvalue weighted by Gasteiger charge is -2.08. The number of hydrogen-bond donors (Lipinski definition) is 0. The molecule has 0 unspecified atom stereocenters. The normalized spacial score (nSPS) is 10.2. The van der Waals surface area contributed by atoms with Crippen LogP contribution in [0.4, 0.5) is 0 Å². The van der Waals surface area contributed by atoms with Crippen molar-refractivity contribution in [2.45, 2.75) is 13.8 Å². The van der Waals surface area contributed by atoms with Gasteiger partial charge in [-0.3, -0.25) is 0 Å². The summed E-state index contributed by atoms with van der Waals surface area (Å²) in [5.41, 5.74) is 2.52. The number of aryl methyl sites for hydroxylation is 2. The molecule has 0 N–H and O–H groups in total. The summed E-state index contributed by atoms with van der Waals surface area (Å²) in [4.78, 5) is 11.9. The van der Waals surface area contributed by atoms with Crippen LogP contribution in [-0.2, 0) is 0 Å². The first-order valence-electron chi connectivity index (χ1n) is 5.61. The second-order valence-corrected chi connectivity index (χ2v) is 4.61. The fraction of sp³-hybridized carbons (Fsp3) is 0.133. The highest BCUT2D eigenvalue weighted by atomic mass is 35.5. The molecule has 0 atom stereocenters. The van der Waals surface area contributed by atoms with Gasteiger partial charge in [0, 0.05) is 5.02 Å². The summed E-state index contributed by atoms with van der Waals surface area (Å²) in [7, 11) is 0. The molecule has 0 amide bonds. The van der Waals surface area contributed by atoms with Crippen molar-refractivity contribution in [1.82, 2.24) is 0 Å². The average molecular weight is 261 g/mol. The summed E-state index contributed by atoms with van der Waals surface area (Å²) in [5, 5.41) is 0.519. The van der Waals surface area contributed by atoms with Gasteiger partial charge in [-0.15, -0.1) is 0 Å². The van der Waals surface area contributed by atoms with Crippen molar-refractivity contribution < 1.29 is 9.53 Å². The Kier molecular flexibility index (Phi) is 3.68. The van der Waals surface area contributed by atoms with Crippen LogP contribution in [0.1, 0.15) is 21.5 Å². The van der Waals surface area contributed by atoms with Crippen LogP contribution in [0.25, 0.3) is 0 Å². The van der Waals surface area contributed by atoms with Gasteiger partial charge in [0.15, 0.2) is 0 Å². The molecule has 2 rings (SSSR count). The number of rotatable bonds is 2. The fourth-order valence-corrected chi connectivity index (χ4v) is 1.88. The number of benzene rings is 2. The summed E-state index contributed by atoms with van der Waals surface area (Å²) in [6.07, 6.45) is 0. The van der Waals surface area contributed by atoms with E-state index in [9.17, 15) is 4.79 Å². The predicted molar refractivity (Wildman–Crippen MR) is 72.3 cm³/mol. The first-order chi connectivity index (χ1) is 8.56. The molecule has 0 aromatic heterocycles. The SMILES string of the molecule is Cc1ccc(OC(=O)c2cccc(Cl)c2)c(C)c1. The van der Waals surface area contributed by atoms with Gasteiger partial charge in [0.2, 0.25) is 0 Å². The Balaban J connectivity index is 2.21. The zero-order valence-electron chi connectivity index (χ0n) is 10.2. The molecule has 2 aromatic rings. The van der Waals surface area contributed by atoms with Crippen molar-refractivity contribution in [2.24, 2.45) is 0 Å². The molecule has 0 radical (unpaired) electrons. The van der Waals surface area contributed by atoms with Crippen LogP contribution in [-0.4, -0.2) is 5.97 Å². The Labute approximate surface area is 111 Å². The molecule has 0 spiro atoms. The molecule has 0 saturated heterocycles. The number of carbonyl (C=O) groups excluding carboxylic acids is 1. The van der Waals surface area contributed by atoms with E-state index in [2.05, 4.69) is 0 Å². The summed E-state index contributed by atoms with van der Waals surface area (Å²) in [6, 6.07) is 12.4. The fourth-order valence-electron chi connectivity index (χ4n) is 1.69. The van der Waals surface area contributed by atoms with E-state index >= 15 is 0 Å². The molecule has 0 fully saturated rings. The van der Waals surface area contributed by atoms with Gasteiger partial charge in [0.05, 0.1) is 5.56 Å². The molecular formula is C15H13ClO2. The highest BCUT2D eigenvalue weighted by Gasteiger charge is 2.10. The zero-order valence-corrected chi connectivity index (χ0v) is 11.0. The van der Waals surface area contributed by atoms with Gasteiger partial charge in [0.1, 0.15) is 5.75 Å². The molecule has 92 valence electrons. The highest BCUT2D eigenvalue weighted by molar-refractivity contribution is 6.30. The van der Waals surface area contributed by atoms with Gasteiger partial charge in [-0.2, -0.15) is 0 Å². The van der Waals surface area contributed by atoms with Crippen LogP contribution in [0.5, 0.6) is 5.75 Å². The van der Waals surface area contributed by atoms with E-state index in [0.717, 1.165) is 11.1 Å². The highest BCUT2D eigenvalue weighted by Crippen LogP contribution is 2.20. The maximum Gasteiger partial charge on any atom is 0.343 e.